The Morgan fingerprint density at radius 1 is 0.969 bits per heavy atom. The first-order valence-corrected chi connectivity index (χ1v) is 10.0. The highest BCUT2D eigenvalue weighted by Crippen LogP contribution is 2.27. The van der Waals surface area contributed by atoms with Crippen LogP contribution in [0.3, 0.4) is 0 Å². The largest absolute Gasteiger partial charge is 0.493 e. The van der Waals surface area contributed by atoms with Crippen molar-refractivity contribution in [2.24, 2.45) is 5.10 Å². The molecule has 0 bridgehead atoms. The van der Waals surface area contributed by atoms with Gasteiger partial charge in [-0.2, -0.15) is 5.10 Å². The molecule has 0 fully saturated rings. The molecule has 3 aromatic rings. The molecule has 0 heterocycles. The van der Waals surface area contributed by atoms with Crippen molar-refractivity contribution in [1.82, 2.24) is 5.43 Å². The van der Waals surface area contributed by atoms with E-state index in [1.807, 2.05) is 50.2 Å². The summed E-state index contributed by atoms with van der Waals surface area (Å²) in [5.74, 6) is 0.304. The van der Waals surface area contributed by atoms with E-state index in [0.717, 1.165) is 16.8 Å². The van der Waals surface area contributed by atoms with E-state index in [2.05, 4.69) is 15.8 Å². The zero-order valence-corrected chi connectivity index (χ0v) is 18.2. The lowest BCUT2D eigenvalue weighted by Gasteiger charge is -2.12. The molecule has 2 amide bonds. The molecular weight excluding hydrogens is 406 g/mol. The Hall–Kier alpha value is -4.13. The fraction of sp³-hybridized carbons (Fsp3) is 0.160. The first kappa shape index (κ1) is 22.6. The molecule has 0 aromatic heterocycles. The molecule has 0 saturated carbocycles. The van der Waals surface area contributed by atoms with Gasteiger partial charge in [0.2, 0.25) is 0 Å². The van der Waals surface area contributed by atoms with Crippen molar-refractivity contribution in [3.05, 3.63) is 89.0 Å². The summed E-state index contributed by atoms with van der Waals surface area (Å²) in [4.78, 5) is 24.4. The van der Waals surface area contributed by atoms with Crippen LogP contribution in [0.25, 0.3) is 0 Å². The van der Waals surface area contributed by atoms with Crippen molar-refractivity contribution in [2.45, 2.75) is 13.8 Å². The summed E-state index contributed by atoms with van der Waals surface area (Å²) >= 11 is 0. The van der Waals surface area contributed by atoms with Crippen LogP contribution in [0, 0.1) is 13.8 Å². The topological polar surface area (TPSA) is 89.0 Å². The number of hydrazone groups is 1. The van der Waals surface area contributed by atoms with Crippen molar-refractivity contribution in [3.8, 4) is 11.5 Å². The number of nitrogens with zero attached hydrogens (tertiary/aromatic N) is 1. The van der Waals surface area contributed by atoms with Crippen LogP contribution in [-0.4, -0.2) is 31.7 Å². The number of aryl methyl sites for hydroxylation is 2. The molecule has 2 N–H and O–H groups in total. The number of methoxy groups -OCH3 is 1. The van der Waals surface area contributed by atoms with E-state index in [1.165, 1.54) is 13.3 Å². The molecule has 0 atom stereocenters. The molecule has 0 aliphatic heterocycles. The van der Waals surface area contributed by atoms with Gasteiger partial charge in [-0.25, -0.2) is 5.43 Å². The Morgan fingerprint density at radius 2 is 1.78 bits per heavy atom. The summed E-state index contributed by atoms with van der Waals surface area (Å²) < 4.78 is 11.0. The predicted octanol–water partition coefficient (Wildman–Crippen LogP) is 4.09. The average molecular weight is 431 g/mol. The minimum absolute atomic E-state index is 0.162. The van der Waals surface area contributed by atoms with Gasteiger partial charge in [0.1, 0.15) is 0 Å². The monoisotopic (exact) mass is 431 g/mol. The second-order valence-electron chi connectivity index (χ2n) is 7.13. The van der Waals surface area contributed by atoms with Gasteiger partial charge in [0.15, 0.2) is 18.1 Å². The maximum atomic E-state index is 12.2. The first-order valence-electron chi connectivity index (χ1n) is 10.0. The summed E-state index contributed by atoms with van der Waals surface area (Å²) in [7, 11) is 1.51. The molecule has 7 nitrogen and oxygen atoms in total. The predicted molar refractivity (Wildman–Crippen MR) is 125 cm³/mol. The maximum absolute atomic E-state index is 12.2. The Labute approximate surface area is 187 Å². The summed E-state index contributed by atoms with van der Waals surface area (Å²) in [5, 5.41) is 6.82. The highest BCUT2D eigenvalue weighted by molar-refractivity contribution is 5.95. The third-order valence-electron chi connectivity index (χ3n) is 4.63. The zero-order valence-electron chi connectivity index (χ0n) is 18.2. The lowest BCUT2D eigenvalue weighted by molar-refractivity contribution is -0.118. The van der Waals surface area contributed by atoms with Crippen molar-refractivity contribution in [3.63, 3.8) is 0 Å². The summed E-state index contributed by atoms with van der Waals surface area (Å²) in [6, 6.07) is 19.9. The van der Waals surface area contributed by atoms with Crippen molar-refractivity contribution >= 4 is 23.7 Å². The molecule has 0 radical (unpaired) electrons. The van der Waals surface area contributed by atoms with E-state index in [9.17, 15) is 9.59 Å². The van der Waals surface area contributed by atoms with Crippen molar-refractivity contribution in [1.29, 1.82) is 0 Å². The average Bonchev–Trinajstić information content (AvgIpc) is 2.79. The van der Waals surface area contributed by atoms with Gasteiger partial charge in [-0.15, -0.1) is 0 Å². The van der Waals surface area contributed by atoms with E-state index in [4.69, 9.17) is 9.47 Å². The summed E-state index contributed by atoms with van der Waals surface area (Å²) in [6.07, 6.45) is 1.50. The van der Waals surface area contributed by atoms with Crippen LogP contribution in [0.2, 0.25) is 0 Å². The van der Waals surface area contributed by atoms with E-state index in [0.29, 0.717) is 22.6 Å². The summed E-state index contributed by atoms with van der Waals surface area (Å²) in [6.45, 7) is 3.68. The number of ether oxygens (including phenoxy) is 2. The SMILES string of the molecule is COc1cc(/C=N/NC(=O)c2cccc(C)c2)ccc1OCC(=O)Nc1ccccc1C. The normalized spacial score (nSPS) is 10.6. The number of benzene rings is 3. The Kier molecular flexibility index (Phi) is 7.59. The number of amides is 2. The van der Waals surface area contributed by atoms with Gasteiger partial charge < -0.3 is 14.8 Å². The number of rotatable bonds is 8. The number of anilines is 1. The smallest absolute Gasteiger partial charge is 0.271 e. The Bertz CT molecular complexity index is 1140. The minimum Gasteiger partial charge on any atom is -0.493 e. The van der Waals surface area contributed by atoms with Crippen molar-refractivity contribution in [2.75, 3.05) is 19.0 Å². The lowest BCUT2D eigenvalue weighted by atomic mass is 10.1. The highest BCUT2D eigenvalue weighted by Gasteiger charge is 2.10. The molecule has 0 unspecified atom stereocenters. The van der Waals surface area contributed by atoms with Gasteiger partial charge in [0.25, 0.3) is 11.8 Å². The van der Waals surface area contributed by atoms with E-state index in [1.54, 1.807) is 30.3 Å². The fourth-order valence-corrected chi connectivity index (χ4v) is 2.94. The van der Waals surface area contributed by atoms with Gasteiger partial charge in [0, 0.05) is 11.3 Å². The molecule has 0 aliphatic rings. The number of hydrogen-bond donors (Lipinski definition) is 2. The number of nitrogens with one attached hydrogen (secondary N) is 2. The highest BCUT2D eigenvalue weighted by atomic mass is 16.5. The number of para-hydroxylation sites is 1. The molecule has 3 aromatic carbocycles. The minimum atomic E-state index is -0.295. The summed E-state index contributed by atoms with van der Waals surface area (Å²) in [5.41, 5.74) is 6.44. The van der Waals surface area contributed by atoms with Crippen molar-refractivity contribution < 1.29 is 19.1 Å². The lowest BCUT2D eigenvalue weighted by Crippen LogP contribution is -2.20. The first-order chi connectivity index (χ1) is 15.5. The Morgan fingerprint density at radius 3 is 2.53 bits per heavy atom. The third-order valence-corrected chi connectivity index (χ3v) is 4.63. The molecule has 32 heavy (non-hydrogen) atoms. The zero-order chi connectivity index (χ0) is 22.9. The quantitative estimate of drug-likeness (QED) is 0.415. The van der Waals surface area contributed by atoms with Crippen LogP contribution >= 0.6 is 0 Å². The number of hydrogen-bond acceptors (Lipinski definition) is 5. The standard InChI is InChI=1S/C25H25N3O4/c1-17-7-6-9-20(13-17)25(30)28-26-15-19-11-12-22(23(14-19)31-3)32-16-24(29)27-21-10-5-4-8-18(21)2/h4-15H,16H2,1-3H3,(H,27,29)(H,28,30)/b26-15+. The molecular formula is C25H25N3O4. The van der Waals surface area contributed by atoms with Crippen LogP contribution in [0.4, 0.5) is 5.69 Å². The molecule has 0 spiro atoms. The number of carbonyl (C=O) groups is 2. The van der Waals surface area contributed by atoms with Gasteiger partial charge >= 0.3 is 0 Å². The van der Waals surface area contributed by atoms with E-state index in [-0.39, 0.29) is 18.4 Å². The molecule has 0 aliphatic carbocycles. The molecule has 0 saturated heterocycles. The second-order valence-corrected chi connectivity index (χ2v) is 7.13. The van der Waals surface area contributed by atoms with Crippen LogP contribution in [0.5, 0.6) is 11.5 Å². The fourth-order valence-electron chi connectivity index (χ4n) is 2.94. The van der Waals surface area contributed by atoms with E-state index < -0.39 is 0 Å². The second kappa shape index (κ2) is 10.8. The van der Waals surface area contributed by atoms with Crippen LogP contribution in [0.1, 0.15) is 27.0 Å². The number of carbonyl (C=O) groups excluding carboxylic acids is 2. The van der Waals surface area contributed by atoms with E-state index >= 15 is 0 Å². The van der Waals surface area contributed by atoms with Gasteiger partial charge in [-0.3, -0.25) is 9.59 Å². The third kappa shape index (κ3) is 6.18. The molecule has 3 rings (SSSR count). The Balaban J connectivity index is 1.58. The maximum Gasteiger partial charge on any atom is 0.271 e. The van der Waals surface area contributed by atoms with Gasteiger partial charge in [0.05, 0.1) is 13.3 Å². The van der Waals surface area contributed by atoms with Crippen LogP contribution in [0.15, 0.2) is 71.8 Å². The van der Waals surface area contributed by atoms with Gasteiger partial charge in [-0.1, -0.05) is 35.9 Å². The van der Waals surface area contributed by atoms with Crippen LogP contribution < -0.4 is 20.2 Å². The molecule has 164 valence electrons. The van der Waals surface area contributed by atoms with Gasteiger partial charge in [-0.05, 0) is 61.4 Å². The molecule has 7 heteroatoms. The van der Waals surface area contributed by atoms with Crippen LogP contribution in [-0.2, 0) is 4.79 Å².